The predicted octanol–water partition coefficient (Wildman–Crippen LogP) is 3.71. The zero-order valence-electron chi connectivity index (χ0n) is 13.6. The Hall–Kier alpha value is -1.84. The summed E-state index contributed by atoms with van der Waals surface area (Å²) >= 11 is 0. The van der Waals surface area contributed by atoms with Gasteiger partial charge < -0.3 is 10.4 Å². The SMILES string of the molecule is CCCc1ccc(NC(=O)C2C3CCC(CC3)C2C(=O)O)cc1. The van der Waals surface area contributed by atoms with Crippen LogP contribution in [0.1, 0.15) is 44.6 Å². The molecule has 1 amide bonds. The Morgan fingerprint density at radius 1 is 1.04 bits per heavy atom. The van der Waals surface area contributed by atoms with Gasteiger partial charge in [0.15, 0.2) is 0 Å². The van der Waals surface area contributed by atoms with E-state index in [9.17, 15) is 14.7 Å². The zero-order valence-corrected chi connectivity index (χ0v) is 13.6. The number of nitrogens with one attached hydrogen (secondary N) is 1. The lowest BCUT2D eigenvalue weighted by Crippen LogP contribution is -2.49. The molecule has 2 unspecified atom stereocenters. The average Bonchev–Trinajstić information content (AvgIpc) is 2.57. The molecule has 1 aromatic rings. The third-order valence-electron chi connectivity index (χ3n) is 5.57. The number of rotatable bonds is 5. The summed E-state index contributed by atoms with van der Waals surface area (Å²) in [6.45, 7) is 2.14. The number of hydrogen-bond acceptors (Lipinski definition) is 2. The fourth-order valence-electron chi connectivity index (χ4n) is 4.45. The maximum atomic E-state index is 12.7. The minimum atomic E-state index is -0.808. The summed E-state index contributed by atoms with van der Waals surface area (Å²) in [5.74, 6) is -1.43. The van der Waals surface area contributed by atoms with Crippen LogP contribution in [-0.2, 0) is 16.0 Å². The molecule has 4 nitrogen and oxygen atoms in total. The number of fused-ring (bicyclic) bond motifs is 3. The molecular formula is C19H25NO3. The first kappa shape index (κ1) is 16.0. The van der Waals surface area contributed by atoms with E-state index in [4.69, 9.17) is 0 Å². The Kier molecular flexibility index (Phi) is 4.69. The number of benzene rings is 1. The van der Waals surface area contributed by atoms with Crippen molar-refractivity contribution in [1.82, 2.24) is 0 Å². The first-order valence-electron chi connectivity index (χ1n) is 8.72. The topological polar surface area (TPSA) is 66.4 Å². The molecule has 3 saturated carbocycles. The first-order chi connectivity index (χ1) is 11.1. The van der Waals surface area contributed by atoms with Crippen molar-refractivity contribution in [3.05, 3.63) is 29.8 Å². The highest BCUT2D eigenvalue weighted by molar-refractivity contribution is 5.95. The molecule has 124 valence electrons. The van der Waals surface area contributed by atoms with Crippen LogP contribution in [0, 0.1) is 23.7 Å². The lowest BCUT2D eigenvalue weighted by molar-refractivity contribution is -0.156. The van der Waals surface area contributed by atoms with E-state index in [-0.39, 0.29) is 23.7 Å². The van der Waals surface area contributed by atoms with Crippen molar-refractivity contribution in [2.24, 2.45) is 23.7 Å². The second-order valence-corrected chi connectivity index (χ2v) is 7.00. The van der Waals surface area contributed by atoms with Gasteiger partial charge in [-0.3, -0.25) is 9.59 Å². The normalized spacial score (nSPS) is 29.3. The number of anilines is 1. The van der Waals surface area contributed by atoms with Crippen molar-refractivity contribution in [1.29, 1.82) is 0 Å². The van der Waals surface area contributed by atoms with Crippen LogP contribution in [0.25, 0.3) is 0 Å². The number of carbonyl (C=O) groups excluding carboxylic acids is 1. The van der Waals surface area contributed by atoms with E-state index >= 15 is 0 Å². The van der Waals surface area contributed by atoms with E-state index in [0.717, 1.165) is 44.2 Å². The summed E-state index contributed by atoms with van der Waals surface area (Å²) in [6.07, 6.45) is 6.01. The molecule has 2 N–H and O–H groups in total. The Labute approximate surface area is 137 Å². The minimum Gasteiger partial charge on any atom is -0.481 e. The Bertz CT molecular complexity index is 573. The van der Waals surface area contributed by atoms with Crippen LogP contribution < -0.4 is 5.32 Å². The second kappa shape index (κ2) is 6.73. The van der Waals surface area contributed by atoms with Crippen molar-refractivity contribution in [2.75, 3.05) is 5.32 Å². The summed E-state index contributed by atoms with van der Waals surface area (Å²) in [6, 6.07) is 7.89. The molecule has 0 spiro atoms. The van der Waals surface area contributed by atoms with Gasteiger partial charge in [-0.1, -0.05) is 25.5 Å². The lowest BCUT2D eigenvalue weighted by Gasteiger charge is -2.45. The van der Waals surface area contributed by atoms with Gasteiger partial charge >= 0.3 is 5.97 Å². The van der Waals surface area contributed by atoms with Crippen LogP contribution in [0.3, 0.4) is 0 Å². The number of carboxylic acids is 1. The number of aliphatic carboxylic acids is 1. The van der Waals surface area contributed by atoms with Crippen molar-refractivity contribution in [2.45, 2.75) is 45.4 Å². The molecule has 4 heteroatoms. The molecule has 2 bridgehead atoms. The van der Waals surface area contributed by atoms with Gasteiger partial charge in [-0.05, 0) is 61.6 Å². The number of hydrogen-bond donors (Lipinski definition) is 2. The molecule has 23 heavy (non-hydrogen) atoms. The van der Waals surface area contributed by atoms with Crippen molar-refractivity contribution >= 4 is 17.6 Å². The van der Waals surface area contributed by atoms with Crippen LogP contribution in [0.5, 0.6) is 0 Å². The molecule has 3 aliphatic rings. The van der Waals surface area contributed by atoms with E-state index in [1.807, 2.05) is 24.3 Å². The molecule has 0 heterocycles. The van der Waals surface area contributed by atoms with E-state index in [1.165, 1.54) is 5.56 Å². The highest BCUT2D eigenvalue weighted by Crippen LogP contribution is 2.49. The highest BCUT2D eigenvalue weighted by atomic mass is 16.4. The van der Waals surface area contributed by atoms with Crippen LogP contribution in [0.2, 0.25) is 0 Å². The Morgan fingerprint density at radius 2 is 1.61 bits per heavy atom. The van der Waals surface area contributed by atoms with Gasteiger partial charge in [0.1, 0.15) is 0 Å². The van der Waals surface area contributed by atoms with Gasteiger partial charge in [0.25, 0.3) is 0 Å². The van der Waals surface area contributed by atoms with Crippen LogP contribution in [0.4, 0.5) is 5.69 Å². The highest BCUT2D eigenvalue weighted by Gasteiger charge is 2.50. The Balaban J connectivity index is 1.72. The van der Waals surface area contributed by atoms with E-state index in [1.54, 1.807) is 0 Å². The molecule has 2 atom stereocenters. The van der Waals surface area contributed by atoms with E-state index in [2.05, 4.69) is 12.2 Å². The minimum absolute atomic E-state index is 0.116. The van der Waals surface area contributed by atoms with E-state index < -0.39 is 11.9 Å². The smallest absolute Gasteiger partial charge is 0.307 e. The largest absolute Gasteiger partial charge is 0.481 e. The van der Waals surface area contributed by atoms with Gasteiger partial charge in [-0.15, -0.1) is 0 Å². The monoisotopic (exact) mass is 315 g/mol. The molecule has 0 aliphatic heterocycles. The van der Waals surface area contributed by atoms with Crippen molar-refractivity contribution < 1.29 is 14.7 Å². The van der Waals surface area contributed by atoms with Gasteiger partial charge in [-0.2, -0.15) is 0 Å². The summed E-state index contributed by atoms with van der Waals surface area (Å²) < 4.78 is 0. The number of carbonyl (C=O) groups is 2. The van der Waals surface area contributed by atoms with Crippen molar-refractivity contribution in [3.8, 4) is 0 Å². The quantitative estimate of drug-likeness (QED) is 0.870. The molecule has 0 aromatic heterocycles. The van der Waals surface area contributed by atoms with Gasteiger partial charge in [0.2, 0.25) is 5.91 Å². The third kappa shape index (κ3) is 3.26. The van der Waals surface area contributed by atoms with Gasteiger partial charge in [-0.25, -0.2) is 0 Å². The molecule has 1 aromatic carbocycles. The molecule has 3 fully saturated rings. The lowest BCUT2D eigenvalue weighted by atomic mass is 9.58. The molecule has 0 saturated heterocycles. The number of amides is 1. The summed E-state index contributed by atoms with van der Waals surface area (Å²) in [5.41, 5.74) is 2.02. The Morgan fingerprint density at radius 3 is 2.13 bits per heavy atom. The van der Waals surface area contributed by atoms with Crippen LogP contribution >= 0.6 is 0 Å². The van der Waals surface area contributed by atoms with Gasteiger partial charge in [0, 0.05) is 5.69 Å². The standard InChI is InChI=1S/C19H25NO3/c1-2-3-12-4-10-15(11-5-12)20-18(21)16-13-6-8-14(9-7-13)17(16)19(22)23/h4-5,10-11,13-14,16-17H,2-3,6-9H2,1H3,(H,20,21)(H,22,23). The van der Waals surface area contributed by atoms with Crippen LogP contribution in [0.15, 0.2) is 24.3 Å². The third-order valence-corrected chi connectivity index (χ3v) is 5.57. The van der Waals surface area contributed by atoms with Crippen molar-refractivity contribution in [3.63, 3.8) is 0 Å². The zero-order chi connectivity index (χ0) is 16.4. The molecule has 4 rings (SSSR count). The molecular weight excluding hydrogens is 290 g/mol. The second-order valence-electron chi connectivity index (χ2n) is 7.00. The first-order valence-corrected chi connectivity index (χ1v) is 8.72. The van der Waals surface area contributed by atoms with Gasteiger partial charge in [0.05, 0.1) is 11.8 Å². The molecule has 0 radical (unpaired) electrons. The number of carboxylic acid groups (broad SMARTS) is 1. The summed E-state index contributed by atoms with van der Waals surface area (Å²) in [5, 5.41) is 12.5. The average molecular weight is 315 g/mol. The maximum absolute atomic E-state index is 12.7. The summed E-state index contributed by atoms with van der Waals surface area (Å²) in [7, 11) is 0. The maximum Gasteiger partial charge on any atom is 0.307 e. The van der Waals surface area contributed by atoms with Crippen LogP contribution in [-0.4, -0.2) is 17.0 Å². The fraction of sp³-hybridized carbons (Fsp3) is 0.579. The molecule has 3 aliphatic carbocycles. The fourth-order valence-corrected chi connectivity index (χ4v) is 4.45. The summed E-state index contributed by atoms with van der Waals surface area (Å²) in [4.78, 5) is 24.4. The number of aryl methyl sites for hydroxylation is 1. The predicted molar refractivity (Wildman–Crippen MR) is 89.1 cm³/mol. The van der Waals surface area contributed by atoms with E-state index in [0.29, 0.717) is 0 Å².